The van der Waals surface area contributed by atoms with Gasteiger partial charge in [-0.15, -0.1) is 10.2 Å². The summed E-state index contributed by atoms with van der Waals surface area (Å²) < 4.78 is 1.76. The molecule has 0 atom stereocenters. The first-order chi connectivity index (χ1) is 17.8. The molecule has 0 radical (unpaired) electrons. The van der Waals surface area contributed by atoms with Gasteiger partial charge >= 0.3 is 0 Å². The first kappa shape index (κ1) is 24.5. The predicted molar refractivity (Wildman–Crippen MR) is 139 cm³/mol. The Morgan fingerprint density at radius 1 is 0.865 bits per heavy atom. The van der Waals surface area contributed by atoms with Crippen LogP contribution < -0.4 is 0 Å². The molecule has 2 amide bonds. The van der Waals surface area contributed by atoms with Crippen molar-refractivity contribution in [2.45, 2.75) is 13.0 Å². The van der Waals surface area contributed by atoms with Crippen molar-refractivity contribution in [3.05, 3.63) is 112 Å². The van der Waals surface area contributed by atoms with Crippen LogP contribution in [-0.4, -0.2) is 62.8 Å². The topological polar surface area (TPSA) is 88.4 Å². The van der Waals surface area contributed by atoms with Crippen LogP contribution in [0.3, 0.4) is 0 Å². The lowest BCUT2D eigenvalue weighted by Crippen LogP contribution is -2.30. The highest BCUT2D eigenvalue weighted by Crippen LogP contribution is 2.28. The molecule has 8 nitrogen and oxygen atoms in total. The van der Waals surface area contributed by atoms with E-state index in [0.29, 0.717) is 57.6 Å². The largest absolute Gasteiger partial charge is 0.309 e. The number of ketones is 1. The van der Waals surface area contributed by atoms with Crippen molar-refractivity contribution in [3.63, 3.8) is 0 Å². The highest BCUT2D eigenvalue weighted by Gasteiger charge is 2.36. The van der Waals surface area contributed by atoms with Crippen molar-refractivity contribution in [2.24, 2.45) is 0 Å². The molecule has 0 bridgehead atoms. The van der Waals surface area contributed by atoms with Crippen molar-refractivity contribution in [1.82, 2.24) is 24.6 Å². The molecule has 0 spiro atoms. The van der Waals surface area contributed by atoms with Crippen LogP contribution in [0.15, 0.2) is 72.8 Å². The van der Waals surface area contributed by atoms with Crippen molar-refractivity contribution >= 4 is 29.2 Å². The maximum absolute atomic E-state index is 13.6. The van der Waals surface area contributed by atoms with Crippen molar-refractivity contribution < 1.29 is 14.4 Å². The number of amides is 2. The quantitative estimate of drug-likeness (QED) is 0.261. The Hall–Kier alpha value is -4.14. The summed E-state index contributed by atoms with van der Waals surface area (Å²) in [5.74, 6) is -0.0159. The van der Waals surface area contributed by atoms with Crippen LogP contribution in [0.5, 0.6) is 0 Å². The second-order valence-corrected chi connectivity index (χ2v) is 9.46. The summed E-state index contributed by atoms with van der Waals surface area (Å²) in [5, 5.41) is 9.17. The molecule has 186 valence electrons. The number of likely N-dealkylation sites (N-methyl/N-ethyl adjacent to an activating group) is 1. The van der Waals surface area contributed by atoms with Crippen molar-refractivity contribution in [1.29, 1.82) is 0 Å². The zero-order valence-corrected chi connectivity index (χ0v) is 21.1. The molecule has 37 heavy (non-hydrogen) atoms. The molecule has 2 heterocycles. The number of nitrogens with zero attached hydrogens (tertiary/aromatic N) is 5. The Morgan fingerprint density at radius 3 is 2.14 bits per heavy atom. The van der Waals surface area contributed by atoms with E-state index in [2.05, 4.69) is 10.2 Å². The van der Waals surface area contributed by atoms with Gasteiger partial charge in [-0.1, -0.05) is 54.1 Å². The summed E-state index contributed by atoms with van der Waals surface area (Å²) in [6.07, 6.45) is 0.531. The van der Waals surface area contributed by atoms with Gasteiger partial charge < -0.3 is 4.90 Å². The summed E-state index contributed by atoms with van der Waals surface area (Å²) in [4.78, 5) is 42.8. The van der Waals surface area contributed by atoms with E-state index in [1.165, 1.54) is 0 Å². The highest BCUT2D eigenvalue weighted by atomic mass is 35.5. The van der Waals surface area contributed by atoms with Crippen LogP contribution in [0.2, 0.25) is 5.02 Å². The van der Waals surface area contributed by atoms with Crippen LogP contribution in [-0.2, 0) is 13.0 Å². The molecule has 4 aromatic rings. The van der Waals surface area contributed by atoms with Gasteiger partial charge in [0.05, 0.1) is 23.4 Å². The van der Waals surface area contributed by atoms with Gasteiger partial charge in [0.2, 0.25) is 0 Å². The number of rotatable bonds is 8. The molecule has 0 saturated carbocycles. The number of fused-ring (bicyclic) bond motifs is 1. The molecule has 0 fully saturated rings. The van der Waals surface area contributed by atoms with Crippen LogP contribution in [0, 0.1) is 0 Å². The van der Waals surface area contributed by atoms with Gasteiger partial charge in [0, 0.05) is 29.1 Å². The molecular formula is C28H24ClN5O3. The van der Waals surface area contributed by atoms with E-state index >= 15 is 0 Å². The second kappa shape index (κ2) is 10.1. The average Bonchev–Trinajstić information content (AvgIpc) is 3.41. The maximum Gasteiger partial charge on any atom is 0.261 e. The van der Waals surface area contributed by atoms with E-state index in [4.69, 9.17) is 11.6 Å². The van der Waals surface area contributed by atoms with Gasteiger partial charge in [-0.25, -0.2) is 0 Å². The monoisotopic (exact) mass is 513 g/mol. The third-order valence-corrected chi connectivity index (χ3v) is 6.47. The summed E-state index contributed by atoms with van der Waals surface area (Å²) in [5.41, 5.74) is 2.13. The number of carbonyl (C=O) groups is 3. The summed E-state index contributed by atoms with van der Waals surface area (Å²) in [7, 11) is 3.90. The molecule has 0 N–H and O–H groups in total. The summed E-state index contributed by atoms with van der Waals surface area (Å²) in [6.45, 7) is 0.587. The predicted octanol–water partition coefficient (Wildman–Crippen LogP) is 4.05. The maximum atomic E-state index is 13.6. The van der Waals surface area contributed by atoms with Gasteiger partial charge in [-0.3, -0.25) is 23.9 Å². The lowest BCUT2D eigenvalue weighted by molar-refractivity contribution is 0.0637. The summed E-state index contributed by atoms with van der Waals surface area (Å²) in [6, 6.07) is 20.7. The highest BCUT2D eigenvalue weighted by molar-refractivity contribution is 6.31. The number of hydrogen-bond acceptors (Lipinski definition) is 6. The molecule has 5 rings (SSSR count). The number of hydrogen-bond donors (Lipinski definition) is 0. The Labute approximate surface area is 219 Å². The van der Waals surface area contributed by atoms with Gasteiger partial charge in [0.25, 0.3) is 11.8 Å². The van der Waals surface area contributed by atoms with Crippen LogP contribution >= 0.6 is 11.6 Å². The lowest BCUT2D eigenvalue weighted by atomic mass is 10.0. The van der Waals surface area contributed by atoms with Gasteiger partial charge in [0.1, 0.15) is 5.82 Å². The third-order valence-electron chi connectivity index (χ3n) is 6.24. The molecule has 3 aromatic carbocycles. The van der Waals surface area contributed by atoms with Crippen molar-refractivity contribution in [2.75, 3.05) is 20.6 Å². The number of halogens is 1. The van der Waals surface area contributed by atoms with Crippen LogP contribution in [0.25, 0.3) is 5.69 Å². The fraction of sp³-hybridized carbons (Fsp3) is 0.179. The number of carbonyl (C=O) groups excluding carboxylic acids is 3. The molecule has 1 aliphatic rings. The number of aromatic nitrogens is 3. The Kier molecular flexibility index (Phi) is 6.69. The van der Waals surface area contributed by atoms with E-state index in [0.717, 1.165) is 4.90 Å². The minimum atomic E-state index is -0.387. The molecule has 0 saturated heterocycles. The van der Waals surface area contributed by atoms with E-state index in [1.54, 1.807) is 71.3 Å². The second-order valence-electron chi connectivity index (χ2n) is 9.02. The third kappa shape index (κ3) is 4.69. The van der Waals surface area contributed by atoms with E-state index in [9.17, 15) is 14.4 Å². The SMILES string of the molecule is CN(C)CCc1nnc(CN2C(=O)c3ccccc3C2=O)n1-c1ccc(Cl)cc1C(=O)c1ccccc1. The first-order valence-electron chi connectivity index (χ1n) is 11.8. The van der Waals surface area contributed by atoms with Gasteiger partial charge in [0.15, 0.2) is 11.6 Å². The van der Waals surface area contributed by atoms with Crippen molar-refractivity contribution in [3.8, 4) is 5.69 Å². The van der Waals surface area contributed by atoms with Gasteiger partial charge in [-0.05, 0) is 44.4 Å². The smallest absolute Gasteiger partial charge is 0.261 e. The molecule has 1 aliphatic heterocycles. The Morgan fingerprint density at radius 2 is 1.49 bits per heavy atom. The average molecular weight is 514 g/mol. The van der Waals surface area contributed by atoms with Gasteiger partial charge in [-0.2, -0.15) is 0 Å². The Balaban J connectivity index is 1.61. The van der Waals surface area contributed by atoms with E-state index < -0.39 is 0 Å². The number of imide groups is 1. The first-order valence-corrected chi connectivity index (χ1v) is 12.2. The zero-order chi connectivity index (χ0) is 26.1. The molecule has 0 aliphatic carbocycles. The standard InChI is InChI=1S/C28H24ClN5O3/c1-32(2)15-14-24-30-31-25(17-33-27(36)20-10-6-7-11-21(20)28(33)37)34(24)23-13-12-19(29)16-22(23)26(35)18-8-4-3-5-9-18/h3-13,16H,14-15,17H2,1-2H3. The minimum absolute atomic E-state index is 0.0943. The molecular weight excluding hydrogens is 490 g/mol. The molecule has 1 aromatic heterocycles. The normalized spacial score (nSPS) is 12.9. The fourth-order valence-electron chi connectivity index (χ4n) is 4.37. The summed E-state index contributed by atoms with van der Waals surface area (Å²) >= 11 is 6.32. The molecule has 0 unspecified atom stereocenters. The fourth-order valence-corrected chi connectivity index (χ4v) is 4.55. The van der Waals surface area contributed by atoms with Crippen LogP contribution in [0.4, 0.5) is 0 Å². The van der Waals surface area contributed by atoms with E-state index in [1.807, 2.05) is 25.1 Å². The van der Waals surface area contributed by atoms with E-state index in [-0.39, 0.29) is 24.1 Å². The Bertz CT molecular complexity index is 1480. The van der Waals surface area contributed by atoms with Crippen LogP contribution in [0.1, 0.15) is 48.3 Å². The molecule has 9 heteroatoms. The minimum Gasteiger partial charge on any atom is -0.309 e. The lowest BCUT2D eigenvalue weighted by Gasteiger charge is -2.18. The number of benzene rings is 3. The zero-order valence-electron chi connectivity index (χ0n) is 20.4.